The normalized spacial score (nSPS) is 12.3. The molecular weight excluding hydrogens is 336 g/mol. The number of rotatable bonds is 6. The average molecular weight is 356 g/mol. The van der Waals surface area contributed by atoms with Gasteiger partial charge in [-0.05, 0) is 39.0 Å². The summed E-state index contributed by atoms with van der Waals surface area (Å²) in [7, 11) is 0. The highest BCUT2D eigenvalue weighted by atomic mass is 16.5. The van der Waals surface area contributed by atoms with Gasteiger partial charge < -0.3 is 19.0 Å². The van der Waals surface area contributed by atoms with Gasteiger partial charge in [0.05, 0.1) is 6.04 Å². The van der Waals surface area contributed by atoms with E-state index in [2.05, 4.69) is 15.5 Å². The molecule has 1 amide bonds. The molecule has 1 atom stereocenters. The van der Waals surface area contributed by atoms with Crippen LogP contribution in [0.2, 0.25) is 0 Å². The van der Waals surface area contributed by atoms with Crippen LogP contribution < -0.4 is 15.7 Å². The summed E-state index contributed by atoms with van der Waals surface area (Å²) in [6, 6.07) is 7.99. The molecular formula is C18H20N4O4. The van der Waals surface area contributed by atoms with E-state index in [4.69, 9.17) is 9.15 Å². The predicted octanol–water partition coefficient (Wildman–Crippen LogP) is 2.22. The first-order chi connectivity index (χ1) is 12.4. The van der Waals surface area contributed by atoms with Crippen LogP contribution in [0.1, 0.15) is 38.7 Å². The number of carbonyl (C=O) groups is 1. The molecule has 1 aromatic carbocycles. The van der Waals surface area contributed by atoms with E-state index in [1.165, 1.54) is 6.07 Å². The summed E-state index contributed by atoms with van der Waals surface area (Å²) < 4.78 is 12.5. The third kappa shape index (κ3) is 3.90. The van der Waals surface area contributed by atoms with Crippen molar-refractivity contribution in [3.05, 3.63) is 52.9 Å². The fourth-order valence-electron chi connectivity index (χ4n) is 2.59. The number of ether oxygens (including phenoxy) is 1. The van der Waals surface area contributed by atoms with Gasteiger partial charge in [-0.15, -0.1) is 10.2 Å². The van der Waals surface area contributed by atoms with Crippen molar-refractivity contribution >= 4 is 16.9 Å². The highest BCUT2D eigenvalue weighted by molar-refractivity contribution is 5.79. The number of hydrogen-bond donors (Lipinski definition) is 1. The van der Waals surface area contributed by atoms with Crippen molar-refractivity contribution in [2.45, 2.75) is 32.9 Å². The molecule has 2 heterocycles. The zero-order valence-corrected chi connectivity index (χ0v) is 14.8. The SMILES string of the molecule is CC(NC(=O)COc1ccc2ccc(=O)oc2c1)c1nncn1C(C)C. The monoisotopic (exact) mass is 356 g/mol. The third-order valence-electron chi connectivity index (χ3n) is 3.89. The summed E-state index contributed by atoms with van der Waals surface area (Å²) in [6.07, 6.45) is 1.64. The first-order valence-corrected chi connectivity index (χ1v) is 8.29. The van der Waals surface area contributed by atoms with Crippen molar-refractivity contribution in [1.82, 2.24) is 20.1 Å². The summed E-state index contributed by atoms with van der Waals surface area (Å²) in [6.45, 7) is 5.71. The van der Waals surface area contributed by atoms with E-state index < -0.39 is 5.63 Å². The topological polar surface area (TPSA) is 99.2 Å². The molecule has 3 aromatic rings. The molecule has 0 fully saturated rings. The number of amides is 1. The Labute approximate surface area is 149 Å². The van der Waals surface area contributed by atoms with E-state index >= 15 is 0 Å². The second-order valence-corrected chi connectivity index (χ2v) is 6.22. The highest BCUT2D eigenvalue weighted by Gasteiger charge is 2.17. The van der Waals surface area contributed by atoms with Crippen LogP contribution in [-0.4, -0.2) is 27.3 Å². The lowest BCUT2D eigenvalue weighted by atomic mass is 10.2. The van der Waals surface area contributed by atoms with Gasteiger partial charge in [0.2, 0.25) is 0 Å². The molecule has 0 aliphatic heterocycles. The molecule has 136 valence electrons. The lowest BCUT2D eigenvalue weighted by Gasteiger charge is -2.17. The molecule has 1 unspecified atom stereocenters. The number of benzene rings is 1. The molecule has 0 aliphatic rings. The van der Waals surface area contributed by atoms with Gasteiger partial charge in [-0.2, -0.15) is 0 Å². The second kappa shape index (κ2) is 7.38. The number of aromatic nitrogens is 3. The Morgan fingerprint density at radius 3 is 2.81 bits per heavy atom. The standard InChI is InChI=1S/C18H20N4O4/c1-11(2)22-10-19-21-18(22)12(3)20-16(23)9-25-14-6-4-13-5-7-17(24)26-15(13)8-14/h4-8,10-12H,9H2,1-3H3,(H,20,23). The molecule has 8 nitrogen and oxygen atoms in total. The summed E-state index contributed by atoms with van der Waals surface area (Å²) >= 11 is 0. The van der Waals surface area contributed by atoms with E-state index in [-0.39, 0.29) is 24.6 Å². The van der Waals surface area contributed by atoms with Gasteiger partial charge >= 0.3 is 5.63 Å². The van der Waals surface area contributed by atoms with Gasteiger partial charge in [-0.3, -0.25) is 4.79 Å². The largest absolute Gasteiger partial charge is 0.484 e. The van der Waals surface area contributed by atoms with Crippen molar-refractivity contribution in [3.63, 3.8) is 0 Å². The fourth-order valence-corrected chi connectivity index (χ4v) is 2.59. The Kier molecular flexibility index (Phi) is 5.01. The molecule has 0 aliphatic carbocycles. The molecule has 0 spiro atoms. The quantitative estimate of drug-likeness (QED) is 0.680. The zero-order chi connectivity index (χ0) is 18.7. The van der Waals surface area contributed by atoms with Crippen molar-refractivity contribution < 1.29 is 13.9 Å². The first kappa shape index (κ1) is 17.7. The van der Waals surface area contributed by atoms with Gasteiger partial charge in [0.25, 0.3) is 5.91 Å². The van der Waals surface area contributed by atoms with Gasteiger partial charge in [-0.25, -0.2) is 4.79 Å². The Bertz CT molecular complexity index is 976. The van der Waals surface area contributed by atoms with E-state index in [1.54, 1.807) is 30.6 Å². The van der Waals surface area contributed by atoms with Crippen LogP contribution in [0, 0.1) is 0 Å². The van der Waals surface area contributed by atoms with Gasteiger partial charge in [0.15, 0.2) is 12.4 Å². The molecule has 8 heteroatoms. The molecule has 1 N–H and O–H groups in total. The maximum Gasteiger partial charge on any atom is 0.336 e. The summed E-state index contributed by atoms with van der Waals surface area (Å²) in [5.41, 5.74) is -0.0238. The lowest BCUT2D eigenvalue weighted by Crippen LogP contribution is -2.32. The number of hydrogen-bond acceptors (Lipinski definition) is 6. The van der Waals surface area contributed by atoms with Gasteiger partial charge in [-0.1, -0.05) is 0 Å². The number of nitrogens with zero attached hydrogens (tertiary/aromatic N) is 3. The molecule has 0 radical (unpaired) electrons. The molecule has 26 heavy (non-hydrogen) atoms. The van der Waals surface area contributed by atoms with Crippen LogP contribution >= 0.6 is 0 Å². The maximum atomic E-state index is 12.2. The summed E-state index contributed by atoms with van der Waals surface area (Å²) in [4.78, 5) is 23.4. The van der Waals surface area contributed by atoms with Gasteiger partial charge in [0.1, 0.15) is 17.7 Å². The first-order valence-electron chi connectivity index (χ1n) is 8.29. The number of nitrogens with one attached hydrogen (secondary N) is 1. The van der Waals surface area contributed by atoms with Crippen LogP contribution in [-0.2, 0) is 4.79 Å². The Balaban J connectivity index is 1.62. The Hall–Kier alpha value is -3.16. The van der Waals surface area contributed by atoms with Crippen LogP contribution in [0.25, 0.3) is 11.0 Å². The van der Waals surface area contributed by atoms with E-state index in [9.17, 15) is 9.59 Å². The van der Waals surface area contributed by atoms with Crippen molar-refractivity contribution in [2.75, 3.05) is 6.61 Å². The highest BCUT2D eigenvalue weighted by Crippen LogP contribution is 2.19. The zero-order valence-electron chi connectivity index (χ0n) is 14.8. The summed E-state index contributed by atoms with van der Waals surface area (Å²) in [5, 5.41) is 11.6. The number of carbonyl (C=O) groups excluding carboxylic acids is 1. The molecule has 2 aromatic heterocycles. The fraction of sp³-hybridized carbons (Fsp3) is 0.333. The van der Waals surface area contributed by atoms with Crippen molar-refractivity contribution in [3.8, 4) is 5.75 Å². The van der Waals surface area contributed by atoms with Crippen LogP contribution in [0.3, 0.4) is 0 Å². The van der Waals surface area contributed by atoms with Gasteiger partial charge in [0, 0.05) is 23.6 Å². The van der Waals surface area contributed by atoms with Crippen molar-refractivity contribution in [2.24, 2.45) is 0 Å². The molecule has 3 rings (SSSR count). The smallest absolute Gasteiger partial charge is 0.336 e. The van der Waals surface area contributed by atoms with E-state index in [1.807, 2.05) is 25.3 Å². The van der Waals surface area contributed by atoms with Crippen LogP contribution in [0.5, 0.6) is 5.75 Å². The third-order valence-corrected chi connectivity index (χ3v) is 3.89. The lowest BCUT2D eigenvalue weighted by molar-refractivity contribution is -0.123. The Morgan fingerprint density at radius 2 is 2.04 bits per heavy atom. The van der Waals surface area contributed by atoms with Crippen LogP contribution in [0.15, 0.2) is 45.9 Å². The average Bonchev–Trinajstić information content (AvgIpc) is 3.09. The minimum Gasteiger partial charge on any atom is -0.484 e. The Morgan fingerprint density at radius 1 is 1.27 bits per heavy atom. The minimum atomic E-state index is -0.435. The predicted molar refractivity (Wildman–Crippen MR) is 94.9 cm³/mol. The molecule has 0 saturated carbocycles. The molecule has 0 saturated heterocycles. The summed E-state index contributed by atoms with van der Waals surface area (Å²) in [5.74, 6) is 0.839. The van der Waals surface area contributed by atoms with Crippen LogP contribution in [0.4, 0.5) is 0 Å². The van der Waals surface area contributed by atoms with E-state index in [0.29, 0.717) is 17.2 Å². The second-order valence-electron chi connectivity index (χ2n) is 6.22. The van der Waals surface area contributed by atoms with Crippen molar-refractivity contribution in [1.29, 1.82) is 0 Å². The number of fused-ring (bicyclic) bond motifs is 1. The maximum absolute atomic E-state index is 12.2. The van der Waals surface area contributed by atoms with E-state index in [0.717, 1.165) is 5.39 Å². The molecule has 0 bridgehead atoms. The minimum absolute atomic E-state index is 0.164.